The number of rotatable bonds is 6. The van der Waals surface area contributed by atoms with E-state index in [4.69, 9.17) is 0 Å². The number of anilines is 1. The number of hydrogen-bond donors (Lipinski definition) is 1. The van der Waals surface area contributed by atoms with Crippen LogP contribution in [0, 0.1) is 12.7 Å². The van der Waals surface area contributed by atoms with Crippen molar-refractivity contribution in [3.8, 4) is 0 Å². The Labute approximate surface area is 141 Å². The number of halogens is 1. The maximum atomic E-state index is 13.8. The van der Waals surface area contributed by atoms with E-state index in [1.165, 1.54) is 36.1 Å². The van der Waals surface area contributed by atoms with Gasteiger partial charge in [0.2, 0.25) is 15.9 Å². The molecule has 2 aromatic rings. The molecule has 0 atom stereocenters. The zero-order valence-corrected chi connectivity index (χ0v) is 14.3. The zero-order valence-electron chi connectivity index (χ0n) is 13.5. The quantitative estimate of drug-likeness (QED) is 0.870. The summed E-state index contributed by atoms with van der Waals surface area (Å²) in [6.07, 6.45) is 0. The van der Waals surface area contributed by atoms with E-state index in [1.54, 1.807) is 31.2 Å². The molecule has 2 rings (SSSR count). The Morgan fingerprint density at radius 2 is 1.75 bits per heavy atom. The fraction of sp³-hybridized carbons (Fsp3) is 0.235. The molecule has 0 heterocycles. The van der Waals surface area contributed by atoms with Gasteiger partial charge in [-0.15, -0.1) is 0 Å². The first-order valence-electron chi connectivity index (χ1n) is 7.41. The maximum Gasteiger partial charge on any atom is 0.240 e. The van der Waals surface area contributed by atoms with E-state index < -0.39 is 15.8 Å². The molecule has 0 radical (unpaired) electrons. The number of benzene rings is 2. The SMILES string of the molecule is CC(=O)N(CCNS(=O)(=O)c1ccccc1C)c1ccccc1F. The summed E-state index contributed by atoms with van der Waals surface area (Å²) in [5.74, 6) is -0.898. The van der Waals surface area contributed by atoms with Gasteiger partial charge in [-0.1, -0.05) is 30.3 Å². The smallest absolute Gasteiger partial charge is 0.240 e. The molecular weight excluding hydrogens is 331 g/mol. The van der Waals surface area contributed by atoms with Crippen LogP contribution >= 0.6 is 0 Å². The van der Waals surface area contributed by atoms with Gasteiger partial charge in [0.15, 0.2) is 0 Å². The van der Waals surface area contributed by atoms with Crippen LogP contribution in [0.15, 0.2) is 53.4 Å². The van der Waals surface area contributed by atoms with Gasteiger partial charge in [-0.25, -0.2) is 17.5 Å². The monoisotopic (exact) mass is 350 g/mol. The van der Waals surface area contributed by atoms with Gasteiger partial charge < -0.3 is 4.90 Å². The van der Waals surface area contributed by atoms with Crippen LogP contribution < -0.4 is 9.62 Å². The molecule has 0 aliphatic rings. The van der Waals surface area contributed by atoms with E-state index in [0.29, 0.717) is 5.56 Å². The van der Waals surface area contributed by atoms with Crippen LogP contribution in [0.5, 0.6) is 0 Å². The summed E-state index contributed by atoms with van der Waals surface area (Å²) in [5.41, 5.74) is 0.752. The first-order valence-corrected chi connectivity index (χ1v) is 8.89. The van der Waals surface area contributed by atoms with E-state index in [2.05, 4.69) is 4.72 Å². The standard InChI is InChI=1S/C17H19FN2O3S/c1-13-7-3-6-10-17(13)24(22,23)19-11-12-20(14(2)21)16-9-5-4-8-15(16)18/h3-10,19H,11-12H2,1-2H3. The Morgan fingerprint density at radius 1 is 1.12 bits per heavy atom. The van der Waals surface area contributed by atoms with Crippen molar-refractivity contribution in [2.75, 3.05) is 18.0 Å². The first-order chi connectivity index (χ1) is 11.3. The molecule has 0 bridgehead atoms. The molecule has 0 aliphatic heterocycles. The zero-order chi connectivity index (χ0) is 17.7. The average Bonchev–Trinajstić information content (AvgIpc) is 2.52. The Bertz CT molecular complexity index is 837. The number of carbonyl (C=O) groups excluding carboxylic acids is 1. The molecule has 0 spiro atoms. The molecule has 0 saturated heterocycles. The lowest BCUT2D eigenvalue weighted by molar-refractivity contribution is -0.116. The van der Waals surface area contributed by atoms with Crippen molar-refractivity contribution in [3.05, 3.63) is 59.9 Å². The van der Waals surface area contributed by atoms with Crippen molar-refractivity contribution in [3.63, 3.8) is 0 Å². The maximum absolute atomic E-state index is 13.8. The van der Waals surface area contributed by atoms with Crippen LogP contribution in [0.1, 0.15) is 12.5 Å². The molecule has 0 saturated carbocycles. The van der Waals surface area contributed by atoms with Crippen LogP contribution in [0.3, 0.4) is 0 Å². The van der Waals surface area contributed by atoms with Gasteiger partial charge in [-0.3, -0.25) is 4.79 Å². The fourth-order valence-corrected chi connectivity index (χ4v) is 3.61. The van der Waals surface area contributed by atoms with E-state index in [0.717, 1.165) is 0 Å². The van der Waals surface area contributed by atoms with Crippen LogP contribution in [-0.4, -0.2) is 27.4 Å². The molecule has 1 N–H and O–H groups in total. The van der Waals surface area contributed by atoms with Gasteiger partial charge in [-0.05, 0) is 30.7 Å². The Kier molecular flexibility index (Phi) is 5.69. The van der Waals surface area contributed by atoms with E-state index in [9.17, 15) is 17.6 Å². The number of para-hydroxylation sites is 1. The lowest BCUT2D eigenvalue weighted by Crippen LogP contribution is -2.38. The molecular formula is C17H19FN2O3S. The summed E-state index contributed by atoms with van der Waals surface area (Å²) >= 11 is 0. The Hall–Kier alpha value is -2.25. The van der Waals surface area contributed by atoms with E-state index in [-0.39, 0.29) is 29.6 Å². The molecule has 128 valence electrons. The summed E-state index contributed by atoms with van der Waals surface area (Å²) < 4.78 is 40.9. The van der Waals surface area contributed by atoms with Gasteiger partial charge in [0.05, 0.1) is 10.6 Å². The molecule has 2 aromatic carbocycles. The lowest BCUT2D eigenvalue weighted by atomic mass is 10.2. The van der Waals surface area contributed by atoms with Crippen molar-refractivity contribution in [2.24, 2.45) is 0 Å². The van der Waals surface area contributed by atoms with Crippen LogP contribution in [-0.2, 0) is 14.8 Å². The van der Waals surface area contributed by atoms with Crippen molar-refractivity contribution < 1.29 is 17.6 Å². The van der Waals surface area contributed by atoms with Crippen LogP contribution in [0.25, 0.3) is 0 Å². The number of sulfonamides is 1. The molecule has 7 heteroatoms. The minimum Gasteiger partial charge on any atom is -0.309 e. The second kappa shape index (κ2) is 7.55. The number of nitrogens with one attached hydrogen (secondary N) is 1. The van der Waals surface area contributed by atoms with Crippen molar-refractivity contribution in [1.29, 1.82) is 0 Å². The third-order valence-corrected chi connectivity index (χ3v) is 5.16. The fourth-order valence-electron chi connectivity index (χ4n) is 2.35. The first kappa shape index (κ1) is 18.1. The third-order valence-electron chi connectivity index (χ3n) is 3.53. The number of carbonyl (C=O) groups is 1. The highest BCUT2D eigenvalue weighted by atomic mass is 32.2. The predicted molar refractivity (Wildman–Crippen MR) is 90.8 cm³/mol. The normalized spacial score (nSPS) is 11.3. The number of hydrogen-bond acceptors (Lipinski definition) is 3. The Balaban J connectivity index is 2.10. The third kappa shape index (κ3) is 4.18. The van der Waals surface area contributed by atoms with Crippen molar-refractivity contribution >= 4 is 21.6 Å². The second-order valence-electron chi connectivity index (χ2n) is 5.29. The van der Waals surface area contributed by atoms with Gasteiger partial charge >= 0.3 is 0 Å². The van der Waals surface area contributed by atoms with Gasteiger partial charge in [-0.2, -0.15) is 0 Å². The summed E-state index contributed by atoms with van der Waals surface area (Å²) in [5, 5.41) is 0. The lowest BCUT2D eigenvalue weighted by Gasteiger charge is -2.22. The number of amides is 1. The molecule has 0 unspecified atom stereocenters. The number of nitrogens with zero attached hydrogens (tertiary/aromatic N) is 1. The summed E-state index contributed by atoms with van der Waals surface area (Å²) in [6, 6.07) is 12.5. The van der Waals surface area contributed by atoms with Crippen LogP contribution in [0.4, 0.5) is 10.1 Å². The number of aryl methyl sites for hydroxylation is 1. The van der Waals surface area contributed by atoms with Gasteiger partial charge in [0, 0.05) is 20.0 Å². The minimum atomic E-state index is -3.69. The summed E-state index contributed by atoms with van der Waals surface area (Å²) in [4.78, 5) is 13.1. The second-order valence-corrected chi connectivity index (χ2v) is 7.02. The van der Waals surface area contributed by atoms with Crippen molar-refractivity contribution in [2.45, 2.75) is 18.7 Å². The molecule has 0 aromatic heterocycles. The predicted octanol–water partition coefficient (Wildman–Crippen LogP) is 2.47. The topological polar surface area (TPSA) is 66.5 Å². The Morgan fingerprint density at radius 3 is 2.38 bits per heavy atom. The molecule has 1 amide bonds. The van der Waals surface area contributed by atoms with Crippen molar-refractivity contribution in [1.82, 2.24) is 4.72 Å². The molecule has 24 heavy (non-hydrogen) atoms. The minimum absolute atomic E-state index is 0.0232. The molecule has 0 fully saturated rings. The summed E-state index contributed by atoms with van der Waals surface area (Å²) in [7, 11) is -3.69. The highest BCUT2D eigenvalue weighted by Gasteiger charge is 2.19. The molecule has 5 nitrogen and oxygen atoms in total. The molecule has 0 aliphatic carbocycles. The average molecular weight is 350 g/mol. The van der Waals surface area contributed by atoms with E-state index >= 15 is 0 Å². The summed E-state index contributed by atoms with van der Waals surface area (Å²) in [6.45, 7) is 3.02. The highest BCUT2D eigenvalue weighted by molar-refractivity contribution is 7.89. The highest BCUT2D eigenvalue weighted by Crippen LogP contribution is 2.19. The van der Waals surface area contributed by atoms with Gasteiger partial charge in [0.25, 0.3) is 0 Å². The van der Waals surface area contributed by atoms with Crippen LogP contribution in [0.2, 0.25) is 0 Å². The van der Waals surface area contributed by atoms with E-state index in [1.807, 2.05) is 0 Å². The van der Waals surface area contributed by atoms with Gasteiger partial charge in [0.1, 0.15) is 5.82 Å². The largest absolute Gasteiger partial charge is 0.309 e.